The smallest absolute Gasteiger partial charge is 0.319 e. The highest BCUT2D eigenvalue weighted by Gasteiger charge is 2.62. The Morgan fingerprint density at radius 3 is 2.68 bits per heavy atom. The molecule has 0 saturated heterocycles. The van der Waals surface area contributed by atoms with Crippen molar-refractivity contribution in [1.82, 2.24) is 0 Å². The number of ether oxygens (including phenoxy) is 2. The van der Waals surface area contributed by atoms with Crippen molar-refractivity contribution in [3.05, 3.63) is 0 Å². The first-order valence-electron chi connectivity index (χ1n) is 6.74. The van der Waals surface area contributed by atoms with E-state index in [1.165, 1.54) is 6.92 Å². The molecule has 5 nitrogen and oxygen atoms in total. The standard InChI is InChI=1S/C14H20O5/c1-4-18-12(17)14-6-5-10(11(14)16)7-13(3,8-14)19-9(2)15/h10H,4-8H2,1-3H3/t10-,13+,14-/m1/s1. The Hall–Kier alpha value is -1.39. The molecule has 0 spiro atoms. The molecule has 0 aliphatic heterocycles. The molecule has 0 aromatic carbocycles. The first-order valence-corrected chi connectivity index (χ1v) is 6.74. The van der Waals surface area contributed by atoms with Crippen LogP contribution in [-0.4, -0.2) is 29.9 Å². The Labute approximate surface area is 112 Å². The number of Topliss-reactive ketones (excluding diaryl/α,β-unsaturated/α-hetero) is 1. The topological polar surface area (TPSA) is 69.7 Å². The summed E-state index contributed by atoms with van der Waals surface area (Å²) in [6.45, 7) is 5.12. The lowest BCUT2D eigenvalue weighted by atomic mass is 9.68. The molecule has 0 heterocycles. The zero-order chi connectivity index (χ0) is 14.3. The average Bonchev–Trinajstić information content (AvgIpc) is 2.51. The number of fused-ring (bicyclic) bond motifs is 2. The van der Waals surface area contributed by atoms with E-state index in [1.54, 1.807) is 13.8 Å². The third-order valence-corrected chi connectivity index (χ3v) is 4.17. The van der Waals surface area contributed by atoms with Gasteiger partial charge in [0.1, 0.15) is 11.0 Å². The normalized spacial score (nSPS) is 37.0. The number of carbonyl (C=O) groups excluding carboxylic acids is 3. The van der Waals surface area contributed by atoms with E-state index in [4.69, 9.17) is 9.47 Å². The van der Waals surface area contributed by atoms with E-state index in [1.807, 2.05) is 0 Å². The van der Waals surface area contributed by atoms with Gasteiger partial charge >= 0.3 is 11.9 Å². The fourth-order valence-electron chi connectivity index (χ4n) is 3.64. The molecule has 0 aromatic rings. The summed E-state index contributed by atoms with van der Waals surface area (Å²) in [5.41, 5.74) is -1.84. The van der Waals surface area contributed by atoms with Gasteiger partial charge in [0.2, 0.25) is 0 Å². The zero-order valence-electron chi connectivity index (χ0n) is 11.7. The molecular weight excluding hydrogens is 248 g/mol. The van der Waals surface area contributed by atoms with Crippen LogP contribution in [0.3, 0.4) is 0 Å². The lowest BCUT2D eigenvalue weighted by molar-refractivity contribution is -0.178. The van der Waals surface area contributed by atoms with E-state index in [0.29, 0.717) is 19.3 Å². The van der Waals surface area contributed by atoms with Crippen LogP contribution in [0.1, 0.15) is 46.5 Å². The molecule has 3 atom stereocenters. The van der Waals surface area contributed by atoms with Crippen molar-refractivity contribution in [3.63, 3.8) is 0 Å². The number of esters is 2. The Morgan fingerprint density at radius 1 is 1.42 bits per heavy atom. The second-order valence-electron chi connectivity index (χ2n) is 5.83. The third kappa shape index (κ3) is 2.26. The van der Waals surface area contributed by atoms with E-state index < -0.39 is 17.0 Å². The molecule has 0 amide bonds. The summed E-state index contributed by atoms with van der Waals surface area (Å²) in [4.78, 5) is 35.7. The molecule has 2 bridgehead atoms. The van der Waals surface area contributed by atoms with E-state index >= 15 is 0 Å². The van der Waals surface area contributed by atoms with Gasteiger partial charge in [-0.15, -0.1) is 0 Å². The first kappa shape index (κ1) is 14.0. The molecule has 106 valence electrons. The minimum atomic E-state index is -1.09. The average molecular weight is 268 g/mol. The molecule has 0 aromatic heterocycles. The molecule has 2 aliphatic rings. The van der Waals surface area contributed by atoms with Crippen LogP contribution >= 0.6 is 0 Å². The molecule has 2 saturated carbocycles. The highest BCUT2D eigenvalue weighted by Crippen LogP contribution is 2.53. The molecule has 2 rings (SSSR count). The van der Waals surface area contributed by atoms with Crippen molar-refractivity contribution in [2.24, 2.45) is 11.3 Å². The van der Waals surface area contributed by atoms with Gasteiger partial charge in [-0.2, -0.15) is 0 Å². The molecule has 0 unspecified atom stereocenters. The van der Waals surface area contributed by atoms with Crippen LogP contribution < -0.4 is 0 Å². The summed E-state index contributed by atoms with van der Waals surface area (Å²) in [5, 5.41) is 0. The van der Waals surface area contributed by atoms with Gasteiger partial charge in [-0.05, 0) is 33.1 Å². The van der Waals surface area contributed by atoms with Crippen LogP contribution in [0.25, 0.3) is 0 Å². The highest BCUT2D eigenvalue weighted by molar-refractivity contribution is 6.07. The first-order chi connectivity index (χ1) is 8.83. The summed E-state index contributed by atoms with van der Waals surface area (Å²) >= 11 is 0. The van der Waals surface area contributed by atoms with Crippen LogP contribution in [0.5, 0.6) is 0 Å². The van der Waals surface area contributed by atoms with Crippen LogP contribution in [0, 0.1) is 11.3 Å². The SMILES string of the molecule is CCOC(=O)[C@]12CC[C@H](C[C@](C)(OC(C)=O)C1)C2=O. The number of ketones is 1. The maximum atomic E-state index is 12.4. The molecule has 19 heavy (non-hydrogen) atoms. The summed E-state index contributed by atoms with van der Waals surface area (Å²) in [5.74, 6) is -1.06. The van der Waals surface area contributed by atoms with Crippen LogP contribution in [0.2, 0.25) is 0 Å². The van der Waals surface area contributed by atoms with Crippen molar-refractivity contribution in [1.29, 1.82) is 0 Å². The minimum absolute atomic E-state index is 0.0319. The third-order valence-electron chi connectivity index (χ3n) is 4.17. The van der Waals surface area contributed by atoms with Gasteiger partial charge in [0.25, 0.3) is 0 Å². The van der Waals surface area contributed by atoms with E-state index in [2.05, 4.69) is 0 Å². The zero-order valence-corrected chi connectivity index (χ0v) is 11.7. The van der Waals surface area contributed by atoms with Gasteiger partial charge in [-0.1, -0.05) is 0 Å². The summed E-state index contributed by atoms with van der Waals surface area (Å²) in [6, 6.07) is 0. The Morgan fingerprint density at radius 2 is 2.11 bits per heavy atom. The second kappa shape index (κ2) is 4.62. The van der Waals surface area contributed by atoms with E-state index in [-0.39, 0.29) is 30.7 Å². The molecule has 2 aliphatic carbocycles. The Bertz CT molecular complexity index is 430. The number of rotatable bonds is 3. The van der Waals surface area contributed by atoms with Crippen molar-refractivity contribution in [2.45, 2.75) is 52.1 Å². The Balaban J connectivity index is 2.29. The monoisotopic (exact) mass is 268 g/mol. The quantitative estimate of drug-likeness (QED) is 0.574. The van der Waals surface area contributed by atoms with Crippen molar-refractivity contribution in [3.8, 4) is 0 Å². The van der Waals surface area contributed by atoms with Crippen molar-refractivity contribution >= 4 is 17.7 Å². The minimum Gasteiger partial charge on any atom is -0.465 e. The summed E-state index contributed by atoms with van der Waals surface area (Å²) in [6.07, 6.45) is 1.93. The lowest BCUT2D eigenvalue weighted by Crippen LogP contribution is -2.51. The predicted octanol–water partition coefficient (Wildman–Crippen LogP) is 1.63. The molecule has 2 fully saturated rings. The number of carbonyl (C=O) groups is 3. The largest absolute Gasteiger partial charge is 0.465 e. The maximum Gasteiger partial charge on any atom is 0.319 e. The second-order valence-corrected chi connectivity index (χ2v) is 5.83. The maximum absolute atomic E-state index is 12.4. The van der Waals surface area contributed by atoms with Crippen LogP contribution in [-0.2, 0) is 23.9 Å². The van der Waals surface area contributed by atoms with Crippen molar-refractivity contribution < 1.29 is 23.9 Å². The van der Waals surface area contributed by atoms with Gasteiger partial charge in [0, 0.05) is 19.3 Å². The number of hydrogen-bond donors (Lipinski definition) is 0. The molecule has 5 heteroatoms. The van der Waals surface area contributed by atoms with E-state index in [0.717, 1.165) is 0 Å². The Kier molecular flexibility index (Phi) is 3.41. The highest BCUT2D eigenvalue weighted by atomic mass is 16.6. The fourth-order valence-corrected chi connectivity index (χ4v) is 3.64. The van der Waals surface area contributed by atoms with Gasteiger partial charge < -0.3 is 9.47 Å². The molecule has 0 N–H and O–H groups in total. The van der Waals surface area contributed by atoms with Crippen LogP contribution in [0.15, 0.2) is 0 Å². The molecule has 0 radical (unpaired) electrons. The fraction of sp³-hybridized carbons (Fsp3) is 0.786. The summed E-state index contributed by atoms with van der Waals surface area (Å²) < 4.78 is 10.4. The van der Waals surface area contributed by atoms with Gasteiger partial charge in [0.05, 0.1) is 6.61 Å². The number of hydrogen-bond acceptors (Lipinski definition) is 5. The van der Waals surface area contributed by atoms with Gasteiger partial charge in [0.15, 0.2) is 5.78 Å². The van der Waals surface area contributed by atoms with Gasteiger partial charge in [-0.3, -0.25) is 14.4 Å². The van der Waals surface area contributed by atoms with Crippen molar-refractivity contribution in [2.75, 3.05) is 6.61 Å². The predicted molar refractivity (Wildman–Crippen MR) is 66.2 cm³/mol. The lowest BCUT2D eigenvalue weighted by Gasteiger charge is -2.40. The van der Waals surface area contributed by atoms with E-state index in [9.17, 15) is 14.4 Å². The summed E-state index contributed by atoms with van der Waals surface area (Å²) in [7, 11) is 0. The van der Waals surface area contributed by atoms with Crippen LogP contribution in [0.4, 0.5) is 0 Å². The molecular formula is C14H20O5. The van der Waals surface area contributed by atoms with Gasteiger partial charge in [-0.25, -0.2) is 0 Å².